The highest BCUT2D eigenvalue weighted by Gasteiger charge is 2.08. The SMILES string of the molecule is CC.CNCCN(Cc1cccs1)c1ccccn1. The third kappa shape index (κ3) is 5.41. The molecule has 0 bridgehead atoms. The smallest absolute Gasteiger partial charge is 0.128 e. The first-order valence-corrected chi connectivity index (χ1v) is 7.61. The van der Waals surface area contributed by atoms with Crippen LogP contribution in [0.25, 0.3) is 0 Å². The van der Waals surface area contributed by atoms with E-state index in [0.29, 0.717) is 0 Å². The third-order valence-corrected chi connectivity index (χ3v) is 3.39. The zero-order valence-corrected chi connectivity index (χ0v) is 12.8. The standard InChI is InChI=1S/C13H17N3S.C2H6/c1-14-8-9-16(11-12-5-4-10-17-12)13-6-2-3-7-15-13;1-2/h2-7,10,14H,8-9,11H2,1H3;1-2H3. The van der Waals surface area contributed by atoms with E-state index in [2.05, 4.69) is 38.8 Å². The number of thiophene rings is 1. The summed E-state index contributed by atoms with van der Waals surface area (Å²) in [6.07, 6.45) is 1.84. The van der Waals surface area contributed by atoms with Crippen molar-refractivity contribution >= 4 is 17.2 Å². The predicted octanol–water partition coefficient (Wildman–Crippen LogP) is 3.40. The molecule has 3 nitrogen and oxygen atoms in total. The van der Waals surface area contributed by atoms with Gasteiger partial charge in [0.15, 0.2) is 0 Å². The van der Waals surface area contributed by atoms with E-state index in [4.69, 9.17) is 0 Å². The van der Waals surface area contributed by atoms with Gasteiger partial charge in [0, 0.05) is 24.2 Å². The van der Waals surface area contributed by atoms with Crippen LogP contribution in [0.3, 0.4) is 0 Å². The van der Waals surface area contributed by atoms with Gasteiger partial charge in [-0.25, -0.2) is 4.98 Å². The summed E-state index contributed by atoms with van der Waals surface area (Å²) in [7, 11) is 1.97. The van der Waals surface area contributed by atoms with Crippen LogP contribution < -0.4 is 10.2 Å². The van der Waals surface area contributed by atoms with Crippen molar-refractivity contribution in [1.29, 1.82) is 0 Å². The van der Waals surface area contributed by atoms with E-state index in [1.54, 1.807) is 11.3 Å². The van der Waals surface area contributed by atoms with Gasteiger partial charge < -0.3 is 10.2 Å². The fraction of sp³-hybridized carbons (Fsp3) is 0.400. The van der Waals surface area contributed by atoms with Gasteiger partial charge in [-0.1, -0.05) is 26.0 Å². The number of rotatable bonds is 6. The molecule has 0 aromatic carbocycles. The van der Waals surface area contributed by atoms with Crippen LogP contribution in [0.15, 0.2) is 41.9 Å². The summed E-state index contributed by atoms with van der Waals surface area (Å²) in [5.41, 5.74) is 0. The number of likely N-dealkylation sites (N-methyl/N-ethyl adjacent to an activating group) is 1. The molecule has 0 aliphatic rings. The first-order valence-electron chi connectivity index (χ1n) is 6.73. The fourth-order valence-electron chi connectivity index (χ4n) is 1.65. The molecule has 2 aromatic rings. The van der Waals surface area contributed by atoms with Gasteiger partial charge in [0.05, 0.1) is 6.54 Å². The Labute approximate surface area is 120 Å². The van der Waals surface area contributed by atoms with Crippen molar-refractivity contribution in [3.63, 3.8) is 0 Å². The van der Waals surface area contributed by atoms with Gasteiger partial charge >= 0.3 is 0 Å². The molecular weight excluding hydrogens is 254 g/mol. The van der Waals surface area contributed by atoms with E-state index >= 15 is 0 Å². The van der Waals surface area contributed by atoms with Crippen LogP contribution >= 0.6 is 11.3 Å². The van der Waals surface area contributed by atoms with E-state index < -0.39 is 0 Å². The number of anilines is 1. The second-order valence-electron chi connectivity index (χ2n) is 3.79. The van der Waals surface area contributed by atoms with Crippen LogP contribution in [-0.2, 0) is 6.54 Å². The molecule has 0 atom stereocenters. The summed E-state index contributed by atoms with van der Waals surface area (Å²) >= 11 is 1.79. The number of nitrogens with one attached hydrogen (secondary N) is 1. The second-order valence-corrected chi connectivity index (χ2v) is 4.82. The Bertz CT molecular complexity index is 414. The highest BCUT2D eigenvalue weighted by Crippen LogP contribution is 2.16. The summed E-state index contributed by atoms with van der Waals surface area (Å²) in [5, 5.41) is 5.30. The summed E-state index contributed by atoms with van der Waals surface area (Å²) in [6, 6.07) is 10.3. The zero-order valence-electron chi connectivity index (χ0n) is 12.0. The van der Waals surface area contributed by atoms with E-state index in [0.717, 1.165) is 25.5 Å². The largest absolute Gasteiger partial charge is 0.350 e. The zero-order chi connectivity index (χ0) is 13.9. The van der Waals surface area contributed by atoms with Gasteiger partial charge in [0.2, 0.25) is 0 Å². The summed E-state index contributed by atoms with van der Waals surface area (Å²) in [6.45, 7) is 6.85. The van der Waals surface area contributed by atoms with E-state index in [-0.39, 0.29) is 0 Å². The Morgan fingerprint density at radius 1 is 1.21 bits per heavy atom. The number of hydrogen-bond donors (Lipinski definition) is 1. The fourth-order valence-corrected chi connectivity index (χ4v) is 2.37. The molecule has 0 aliphatic heterocycles. The molecule has 0 spiro atoms. The van der Waals surface area contributed by atoms with Crippen LogP contribution in [0.5, 0.6) is 0 Å². The molecule has 2 rings (SSSR count). The van der Waals surface area contributed by atoms with Gasteiger partial charge in [-0.2, -0.15) is 0 Å². The molecule has 4 heteroatoms. The second kappa shape index (κ2) is 9.53. The first kappa shape index (κ1) is 15.7. The average molecular weight is 277 g/mol. The van der Waals surface area contributed by atoms with Crippen LogP contribution in [0.2, 0.25) is 0 Å². The maximum atomic E-state index is 4.42. The first-order chi connectivity index (χ1) is 9.40. The lowest BCUT2D eigenvalue weighted by Gasteiger charge is -2.22. The molecule has 0 unspecified atom stereocenters. The molecule has 0 saturated carbocycles. The summed E-state index contributed by atoms with van der Waals surface area (Å²) in [5.74, 6) is 1.04. The lowest BCUT2D eigenvalue weighted by Crippen LogP contribution is -2.30. The molecule has 0 fully saturated rings. The van der Waals surface area contributed by atoms with Crippen molar-refractivity contribution in [2.24, 2.45) is 0 Å². The summed E-state index contributed by atoms with van der Waals surface area (Å²) in [4.78, 5) is 8.08. The summed E-state index contributed by atoms with van der Waals surface area (Å²) < 4.78 is 0. The molecule has 1 N–H and O–H groups in total. The van der Waals surface area contributed by atoms with Crippen LogP contribution in [0, 0.1) is 0 Å². The average Bonchev–Trinajstić information content (AvgIpc) is 2.99. The third-order valence-electron chi connectivity index (χ3n) is 2.53. The highest BCUT2D eigenvalue weighted by atomic mass is 32.1. The monoisotopic (exact) mass is 277 g/mol. The maximum absolute atomic E-state index is 4.42. The minimum absolute atomic E-state index is 0.927. The Morgan fingerprint density at radius 2 is 2.05 bits per heavy atom. The van der Waals surface area contributed by atoms with Gasteiger partial charge in [-0.15, -0.1) is 11.3 Å². The van der Waals surface area contributed by atoms with E-state index in [1.165, 1.54) is 4.88 Å². The van der Waals surface area contributed by atoms with Crippen LogP contribution in [0.4, 0.5) is 5.82 Å². The van der Waals surface area contributed by atoms with Crippen LogP contribution in [0.1, 0.15) is 18.7 Å². The Balaban J connectivity index is 0.000000861. The number of aromatic nitrogens is 1. The highest BCUT2D eigenvalue weighted by molar-refractivity contribution is 7.09. The quantitative estimate of drug-likeness (QED) is 0.877. The molecular formula is C15H23N3S. The lowest BCUT2D eigenvalue weighted by atomic mass is 10.3. The van der Waals surface area contributed by atoms with E-state index in [9.17, 15) is 0 Å². The van der Waals surface area contributed by atoms with Crippen molar-refractivity contribution in [3.8, 4) is 0 Å². The molecule has 2 heterocycles. The van der Waals surface area contributed by atoms with E-state index in [1.807, 2.05) is 39.2 Å². The maximum Gasteiger partial charge on any atom is 0.128 e. The molecule has 2 aromatic heterocycles. The van der Waals surface area contributed by atoms with Gasteiger partial charge in [0.1, 0.15) is 5.82 Å². The lowest BCUT2D eigenvalue weighted by molar-refractivity contribution is 0.717. The molecule has 19 heavy (non-hydrogen) atoms. The number of pyridine rings is 1. The van der Waals surface area contributed by atoms with Crippen molar-refractivity contribution < 1.29 is 0 Å². The number of hydrogen-bond acceptors (Lipinski definition) is 4. The van der Waals surface area contributed by atoms with Gasteiger partial charge in [-0.3, -0.25) is 0 Å². The Hall–Kier alpha value is -1.39. The Morgan fingerprint density at radius 3 is 2.63 bits per heavy atom. The molecule has 0 amide bonds. The molecule has 0 aliphatic carbocycles. The molecule has 0 radical (unpaired) electrons. The normalized spacial score (nSPS) is 9.63. The number of nitrogens with zero attached hydrogens (tertiary/aromatic N) is 2. The minimum atomic E-state index is 0.927. The van der Waals surface area contributed by atoms with Crippen LogP contribution in [-0.4, -0.2) is 25.1 Å². The molecule has 0 saturated heterocycles. The predicted molar refractivity (Wildman–Crippen MR) is 84.9 cm³/mol. The van der Waals surface area contributed by atoms with Gasteiger partial charge in [0.25, 0.3) is 0 Å². The van der Waals surface area contributed by atoms with Crippen molar-refractivity contribution in [3.05, 3.63) is 46.8 Å². The van der Waals surface area contributed by atoms with Gasteiger partial charge in [-0.05, 0) is 30.6 Å². The van der Waals surface area contributed by atoms with Crippen molar-refractivity contribution in [2.45, 2.75) is 20.4 Å². The van der Waals surface area contributed by atoms with Crippen molar-refractivity contribution in [2.75, 3.05) is 25.0 Å². The molecule has 104 valence electrons. The minimum Gasteiger partial charge on any atom is -0.350 e. The topological polar surface area (TPSA) is 28.2 Å². The Kier molecular flexibility index (Phi) is 7.86. The van der Waals surface area contributed by atoms with Crippen molar-refractivity contribution in [1.82, 2.24) is 10.3 Å².